The molecule has 2 rings (SSSR count). The number of anilines is 1. The number of carbonyl (C=O) groups is 1. The van der Waals surface area contributed by atoms with Crippen molar-refractivity contribution in [3.05, 3.63) is 58.1 Å². The molecular formula is C21H25Cl2N3O3S. The Morgan fingerprint density at radius 1 is 1.10 bits per heavy atom. The molecule has 0 aromatic heterocycles. The summed E-state index contributed by atoms with van der Waals surface area (Å²) in [6, 6.07) is 10.8. The normalized spacial score (nSPS) is 12.0. The molecule has 0 saturated carbocycles. The van der Waals surface area contributed by atoms with Crippen molar-refractivity contribution in [1.82, 2.24) is 5.43 Å². The number of nitrogens with zero attached hydrogens (tertiary/aromatic N) is 2. The third-order valence-electron chi connectivity index (χ3n) is 4.30. The van der Waals surface area contributed by atoms with E-state index in [-0.39, 0.29) is 20.6 Å². The zero-order valence-corrected chi connectivity index (χ0v) is 19.5. The van der Waals surface area contributed by atoms with Crippen LogP contribution in [0, 0.1) is 6.92 Å². The number of hydrazone groups is 1. The summed E-state index contributed by atoms with van der Waals surface area (Å²) < 4.78 is 27.6. The van der Waals surface area contributed by atoms with Crippen molar-refractivity contribution in [3.8, 4) is 0 Å². The highest BCUT2D eigenvalue weighted by Gasteiger charge is 2.27. The molecule has 2 aromatic rings. The molecule has 6 nitrogen and oxygen atoms in total. The number of hydrogen-bond donors (Lipinski definition) is 1. The molecule has 0 saturated heterocycles. The zero-order valence-electron chi connectivity index (χ0n) is 17.2. The number of unbranched alkanes of at least 4 members (excludes halogenated alkanes) is 1. The predicted octanol–water partition coefficient (Wildman–Crippen LogP) is 5.18. The quantitative estimate of drug-likeness (QED) is 0.405. The van der Waals surface area contributed by atoms with Gasteiger partial charge in [-0.15, -0.1) is 0 Å². The molecule has 1 amide bonds. The van der Waals surface area contributed by atoms with E-state index in [1.807, 2.05) is 13.8 Å². The first-order chi connectivity index (χ1) is 14.1. The Kier molecular flexibility index (Phi) is 8.70. The summed E-state index contributed by atoms with van der Waals surface area (Å²) >= 11 is 12.1. The highest BCUT2D eigenvalue weighted by atomic mass is 35.5. The summed E-state index contributed by atoms with van der Waals surface area (Å²) in [4.78, 5) is 12.6. The number of amides is 1. The van der Waals surface area contributed by atoms with Crippen LogP contribution in [-0.4, -0.2) is 26.6 Å². The number of benzene rings is 2. The summed E-state index contributed by atoms with van der Waals surface area (Å²) in [6.45, 7) is 5.26. The van der Waals surface area contributed by atoms with Crippen molar-refractivity contribution in [2.45, 2.75) is 44.9 Å². The van der Waals surface area contributed by atoms with Crippen LogP contribution >= 0.6 is 23.2 Å². The number of carbonyl (C=O) groups excluding carboxylic acids is 1. The van der Waals surface area contributed by atoms with Crippen molar-refractivity contribution >= 4 is 50.5 Å². The molecule has 2 aromatic carbocycles. The molecule has 0 aliphatic rings. The van der Waals surface area contributed by atoms with Crippen LogP contribution in [0.15, 0.2) is 52.5 Å². The lowest BCUT2D eigenvalue weighted by atomic mass is 10.2. The van der Waals surface area contributed by atoms with E-state index >= 15 is 0 Å². The third-order valence-corrected chi connectivity index (χ3v) is 6.52. The molecule has 0 atom stereocenters. The lowest BCUT2D eigenvalue weighted by Crippen LogP contribution is -2.39. The minimum atomic E-state index is -4.05. The molecule has 30 heavy (non-hydrogen) atoms. The SMILES string of the molecule is CCCC/C(C)=N\NC(=O)CN(c1cc(Cl)cc(Cl)c1)S(=O)(=O)c1ccc(C)cc1. The van der Waals surface area contributed by atoms with Crippen molar-refractivity contribution < 1.29 is 13.2 Å². The Balaban J connectivity index is 2.37. The van der Waals surface area contributed by atoms with Gasteiger partial charge in [-0.1, -0.05) is 54.2 Å². The van der Waals surface area contributed by atoms with Gasteiger partial charge in [0, 0.05) is 15.8 Å². The molecule has 0 heterocycles. The Morgan fingerprint density at radius 2 is 1.70 bits per heavy atom. The van der Waals surface area contributed by atoms with Gasteiger partial charge in [0.05, 0.1) is 10.6 Å². The first kappa shape index (κ1) is 24.2. The van der Waals surface area contributed by atoms with Crippen molar-refractivity contribution in [3.63, 3.8) is 0 Å². The Bertz CT molecular complexity index is 1000. The molecule has 0 radical (unpaired) electrons. The number of aryl methyl sites for hydroxylation is 1. The van der Waals surface area contributed by atoms with Gasteiger partial charge in [0.25, 0.3) is 15.9 Å². The molecule has 0 unspecified atom stereocenters. The van der Waals surface area contributed by atoms with Crippen molar-refractivity contribution in [2.75, 3.05) is 10.8 Å². The molecule has 1 N–H and O–H groups in total. The average Bonchev–Trinajstić information content (AvgIpc) is 2.68. The second-order valence-electron chi connectivity index (χ2n) is 6.94. The van der Waals surface area contributed by atoms with Gasteiger partial charge in [0.1, 0.15) is 6.54 Å². The molecule has 162 valence electrons. The Hall–Kier alpha value is -2.09. The van der Waals surface area contributed by atoms with Gasteiger partial charge >= 0.3 is 0 Å². The molecule has 0 aliphatic heterocycles. The first-order valence-corrected chi connectivity index (χ1v) is 11.7. The van der Waals surface area contributed by atoms with E-state index < -0.39 is 22.5 Å². The predicted molar refractivity (Wildman–Crippen MR) is 123 cm³/mol. The summed E-state index contributed by atoms with van der Waals surface area (Å²) in [6.07, 6.45) is 2.73. The highest BCUT2D eigenvalue weighted by molar-refractivity contribution is 7.92. The fraction of sp³-hybridized carbons (Fsp3) is 0.333. The number of halogens is 2. The van der Waals surface area contributed by atoms with E-state index in [0.717, 1.165) is 34.8 Å². The number of sulfonamides is 1. The number of rotatable bonds is 9. The summed E-state index contributed by atoms with van der Waals surface area (Å²) in [5, 5.41) is 4.57. The van der Waals surface area contributed by atoms with Crippen LogP contribution in [0.2, 0.25) is 10.0 Å². The highest BCUT2D eigenvalue weighted by Crippen LogP contribution is 2.29. The second kappa shape index (κ2) is 10.8. The second-order valence-corrected chi connectivity index (χ2v) is 9.67. The van der Waals surface area contributed by atoms with Crippen LogP contribution in [0.5, 0.6) is 0 Å². The van der Waals surface area contributed by atoms with Crippen molar-refractivity contribution in [2.24, 2.45) is 5.10 Å². The van der Waals surface area contributed by atoms with Gasteiger partial charge in [-0.3, -0.25) is 9.10 Å². The summed E-state index contributed by atoms with van der Waals surface area (Å²) in [7, 11) is -4.05. The van der Waals surface area contributed by atoms with E-state index in [1.165, 1.54) is 30.3 Å². The topological polar surface area (TPSA) is 78.8 Å². The molecule has 9 heteroatoms. The molecule has 0 bridgehead atoms. The fourth-order valence-corrected chi connectivity index (χ4v) is 4.57. The molecule has 0 aliphatic carbocycles. The summed E-state index contributed by atoms with van der Waals surface area (Å²) in [5.74, 6) is -0.572. The minimum absolute atomic E-state index is 0.0552. The van der Waals surface area contributed by atoms with Crippen LogP contribution in [-0.2, 0) is 14.8 Å². The largest absolute Gasteiger partial charge is 0.271 e. The van der Waals surface area contributed by atoms with Gasteiger partial charge < -0.3 is 0 Å². The van der Waals surface area contributed by atoms with Crippen LogP contribution in [0.1, 0.15) is 38.7 Å². The van der Waals surface area contributed by atoms with Crippen LogP contribution < -0.4 is 9.73 Å². The van der Waals surface area contributed by atoms with Gasteiger partial charge in [-0.25, -0.2) is 13.8 Å². The Labute approximate surface area is 187 Å². The maximum absolute atomic E-state index is 13.3. The summed E-state index contributed by atoms with van der Waals surface area (Å²) in [5.41, 5.74) is 4.31. The van der Waals surface area contributed by atoms with Crippen LogP contribution in [0.3, 0.4) is 0 Å². The maximum Gasteiger partial charge on any atom is 0.264 e. The van der Waals surface area contributed by atoms with E-state index in [4.69, 9.17) is 23.2 Å². The third kappa shape index (κ3) is 6.72. The number of nitrogens with one attached hydrogen (secondary N) is 1. The standard InChI is InChI=1S/C21H25Cl2N3O3S/c1-4-5-6-16(3)24-25-21(27)14-26(19-12-17(22)11-18(23)13-19)30(28,29)20-9-7-15(2)8-10-20/h7-13H,4-6,14H2,1-3H3,(H,25,27)/b24-16-. The fourth-order valence-electron chi connectivity index (χ4n) is 2.65. The maximum atomic E-state index is 13.3. The van der Waals surface area contributed by atoms with Gasteiger partial charge in [0.15, 0.2) is 0 Å². The zero-order chi connectivity index (χ0) is 22.3. The molecular weight excluding hydrogens is 445 g/mol. The minimum Gasteiger partial charge on any atom is -0.271 e. The smallest absolute Gasteiger partial charge is 0.264 e. The lowest BCUT2D eigenvalue weighted by Gasteiger charge is -2.24. The lowest BCUT2D eigenvalue weighted by molar-refractivity contribution is -0.119. The number of hydrogen-bond acceptors (Lipinski definition) is 4. The van der Waals surface area contributed by atoms with E-state index in [1.54, 1.807) is 12.1 Å². The molecule has 0 spiro atoms. The van der Waals surface area contributed by atoms with E-state index in [0.29, 0.717) is 0 Å². The van der Waals surface area contributed by atoms with Gasteiger partial charge in [0.2, 0.25) is 0 Å². The average molecular weight is 470 g/mol. The Morgan fingerprint density at radius 3 is 2.27 bits per heavy atom. The van der Waals surface area contributed by atoms with Crippen molar-refractivity contribution in [1.29, 1.82) is 0 Å². The van der Waals surface area contributed by atoms with Crippen LogP contribution in [0.25, 0.3) is 0 Å². The van der Waals surface area contributed by atoms with Gasteiger partial charge in [-0.05, 0) is 57.0 Å². The molecule has 0 fully saturated rings. The first-order valence-electron chi connectivity index (χ1n) is 9.51. The van der Waals surface area contributed by atoms with Gasteiger partial charge in [-0.2, -0.15) is 5.10 Å². The monoisotopic (exact) mass is 469 g/mol. The van der Waals surface area contributed by atoms with E-state index in [2.05, 4.69) is 17.5 Å². The van der Waals surface area contributed by atoms with Crippen LogP contribution in [0.4, 0.5) is 5.69 Å². The van der Waals surface area contributed by atoms with E-state index in [9.17, 15) is 13.2 Å².